The molecule has 2 aromatic rings. The number of aryl methyl sites for hydroxylation is 1. The lowest BCUT2D eigenvalue weighted by Crippen LogP contribution is -2.43. The molecular weight excluding hydrogens is 410 g/mol. The van der Waals surface area contributed by atoms with Crippen LogP contribution in [0.4, 0.5) is 11.5 Å². The van der Waals surface area contributed by atoms with Crippen LogP contribution in [0.25, 0.3) is 0 Å². The molecule has 0 saturated carbocycles. The first kappa shape index (κ1) is 23.7. The number of methoxy groups -OCH3 is 1. The highest BCUT2D eigenvalue weighted by atomic mass is 32.2. The van der Waals surface area contributed by atoms with Gasteiger partial charge in [-0.3, -0.25) is 24.2 Å². The Morgan fingerprint density at radius 2 is 2.10 bits per heavy atom. The van der Waals surface area contributed by atoms with Crippen molar-refractivity contribution < 1.29 is 9.53 Å². The van der Waals surface area contributed by atoms with Crippen LogP contribution in [0.2, 0.25) is 0 Å². The minimum Gasteiger partial charge on any atom is -0.383 e. The molecule has 11 nitrogen and oxygen atoms in total. The summed E-state index contributed by atoms with van der Waals surface area (Å²) in [6.45, 7) is 6.49. The standard InChI is InChI=1S/C18H29N7O4S/c1-5-6-12-20-17(23-22-12)30-10-13(26)24(7-8-29-4)14-15(19)25(9-11(2)3)18(28)21-16(14)27/h11H,5-10,19H2,1-4H3,(H,20,22,23)(H,21,27,28). The van der Waals surface area contributed by atoms with Crippen LogP contribution in [0.3, 0.4) is 0 Å². The van der Waals surface area contributed by atoms with Crippen LogP contribution in [-0.4, -0.2) is 56.7 Å². The number of hydrogen-bond donors (Lipinski definition) is 3. The number of nitrogen functional groups attached to an aromatic ring is 1. The summed E-state index contributed by atoms with van der Waals surface area (Å²) < 4.78 is 6.36. The molecule has 0 unspecified atom stereocenters. The van der Waals surface area contributed by atoms with Crippen molar-refractivity contribution in [3.63, 3.8) is 0 Å². The van der Waals surface area contributed by atoms with Gasteiger partial charge in [-0.25, -0.2) is 9.78 Å². The molecule has 0 bridgehead atoms. The number of carbonyl (C=O) groups excluding carboxylic acids is 1. The Labute approximate surface area is 178 Å². The lowest BCUT2D eigenvalue weighted by molar-refractivity contribution is -0.116. The number of amides is 1. The zero-order chi connectivity index (χ0) is 22.3. The number of nitrogens with two attached hydrogens (primary N) is 1. The van der Waals surface area contributed by atoms with Gasteiger partial charge in [-0.05, 0) is 12.3 Å². The number of H-pyrrole nitrogens is 2. The Balaban J connectivity index is 2.30. The van der Waals surface area contributed by atoms with Gasteiger partial charge in [-0.2, -0.15) is 0 Å². The maximum Gasteiger partial charge on any atom is 0.330 e. The number of rotatable bonds is 11. The van der Waals surface area contributed by atoms with Gasteiger partial charge in [-0.15, -0.1) is 5.10 Å². The number of aromatic amines is 2. The average Bonchev–Trinajstić information content (AvgIpc) is 3.13. The Hall–Kier alpha value is -2.60. The zero-order valence-corrected chi connectivity index (χ0v) is 18.5. The SMILES string of the molecule is CCCc1nc(SCC(=O)N(CCOC)c2c(N)n(CC(C)C)c(=O)[nH]c2=O)n[nH]1. The Bertz CT molecular complexity index is 966. The second kappa shape index (κ2) is 11.0. The average molecular weight is 440 g/mol. The van der Waals surface area contributed by atoms with Crippen LogP contribution in [0.1, 0.15) is 33.0 Å². The molecule has 0 aliphatic rings. The number of thioether (sulfide) groups is 1. The van der Waals surface area contributed by atoms with Gasteiger partial charge in [0.05, 0.1) is 12.4 Å². The molecule has 0 aliphatic carbocycles. The highest BCUT2D eigenvalue weighted by molar-refractivity contribution is 7.99. The lowest BCUT2D eigenvalue weighted by atomic mass is 10.2. The Morgan fingerprint density at radius 1 is 1.37 bits per heavy atom. The van der Waals surface area contributed by atoms with Crippen molar-refractivity contribution in [2.24, 2.45) is 5.92 Å². The lowest BCUT2D eigenvalue weighted by Gasteiger charge is -2.24. The summed E-state index contributed by atoms with van der Waals surface area (Å²) >= 11 is 1.15. The molecule has 166 valence electrons. The van der Waals surface area contributed by atoms with Gasteiger partial charge in [0, 0.05) is 26.6 Å². The number of hydrogen-bond acceptors (Lipinski definition) is 8. The highest BCUT2D eigenvalue weighted by Crippen LogP contribution is 2.20. The molecule has 2 heterocycles. The second-order valence-corrected chi connectivity index (χ2v) is 8.08. The molecule has 1 amide bonds. The van der Waals surface area contributed by atoms with E-state index in [0.717, 1.165) is 30.4 Å². The first-order valence-corrected chi connectivity index (χ1v) is 10.7. The minimum atomic E-state index is -0.713. The van der Waals surface area contributed by atoms with E-state index in [1.165, 1.54) is 16.6 Å². The smallest absolute Gasteiger partial charge is 0.330 e. The normalized spacial score (nSPS) is 11.2. The Kier molecular flexibility index (Phi) is 8.66. The number of aromatic nitrogens is 5. The van der Waals surface area contributed by atoms with E-state index in [9.17, 15) is 14.4 Å². The van der Waals surface area contributed by atoms with Crippen molar-refractivity contribution in [3.05, 3.63) is 26.7 Å². The molecule has 30 heavy (non-hydrogen) atoms. The number of anilines is 2. The molecule has 0 aromatic carbocycles. The van der Waals surface area contributed by atoms with Crippen LogP contribution in [0.5, 0.6) is 0 Å². The fraction of sp³-hybridized carbons (Fsp3) is 0.611. The van der Waals surface area contributed by atoms with Crippen LogP contribution < -0.4 is 21.9 Å². The Morgan fingerprint density at radius 3 is 2.73 bits per heavy atom. The summed E-state index contributed by atoms with van der Waals surface area (Å²) in [5.74, 6) is 0.450. The molecule has 2 rings (SSSR count). The van der Waals surface area contributed by atoms with Crippen molar-refractivity contribution in [2.45, 2.75) is 45.3 Å². The van der Waals surface area contributed by atoms with Gasteiger partial charge >= 0.3 is 5.69 Å². The largest absolute Gasteiger partial charge is 0.383 e. The number of ether oxygens (including phenoxy) is 1. The third kappa shape index (κ3) is 5.95. The maximum absolute atomic E-state index is 13.0. The van der Waals surface area contributed by atoms with Gasteiger partial charge in [-0.1, -0.05) is 32.5 Å². The van der Waals surface area contributed by atoms with Gasteiger partial charge in [0.2, 0.25) is 11.1 Å². The summed E-state index contributed by atoms with van der Waals surface area (Å²) in [5.41, 5.74) is 4.79. The summed E-state index contributed by atoms with van der Waals surface area (Å²) in [7, 11) is 1.49. The van der Waals surface area contributed by atoms with Crippen LogP contribution in [0.15, 0.2) is 14.7 Å². The number of nitrogens with one attached hydrogen (secondary N) is 2. The van der Waals surface area contributed by atoms with Crippen LogP contribution in [-0.2, 0) is 22.5 Å². The van der Waals surface area contributed by atoms with Crippen molar-refractivity contribution in [1.29, 1.82) is 0 Å². The van der Waals surface area contributed by atoms with Crippen molar-refractivity contribution >= 4 is 29.2 Å². The fourth-order valence-electron chi connectivity index (χ4n) is 2.82. The topological polar surface area (TPSA) is 152 Å². The van der Waals surface area contributed by atoms with Crippen LogP contribution in [0, 0.1) is 5.92 Å². The predicted octanol–water partition coefficient (Wildman–Crippen LogP) is 0.617. The van der Waals surface area contributed by atoms with Crippen LogP contribution >= 0.6 is 11.8 Å². The van der Waals surface area contributed by atoms with E-state index < -0.39 is 11.2 Å². The zero-order valence-electron chi connectivity index (χ0n) is 17.7. The van der Waals surface area contributed by atoms with Crippen molar-refractivity contribution in [3.8, 4) is 0 Å². The molecule has 4 N–H and O–H groups in total. The maximum atomic E-state index is 13.0. The summed E-state index contributed by atoms with van der Waals surface area (Å²) in [5, 5.41) is 7.37. The van der Waals surface area contributed by atoms with E-state index in [0.29, 0.717) is 11.7 Å². The van der Waals surface area contributed by atoms with E-state index >= 15 is 0 Å². The van der Waals surface area contributed by atoms with Gasteiger partial charge in [0.1, 0.15) is 11.6 Å². The molecule has 0 fully saturated rings. The van der Waals surface area contributed by atoms with Gasteiger partial charge in [0.25, 0.3) is 5.56 Å². The number of carbonyl (C=O) groups is 1. The number of nitrogens with zero attached hydrogens (tertiary/aromatic N) is 4. The first-order valence-electron chi connectivity index (χ1n) is 9.74. The molecular formula is C18H29N7O4S. The van der Waals surface area contributed by atoms with Gasteiger partial charge < -0.3 is 15.4 Å². The minimum absolute atomic E-state index is 0.00464. The van der Waals surface area contributed by atoms with E-state index in [-0.39, 0.29) is 42.2 Å². The van der Waals surface area contributed by atoms with Crippen molar-refractivity contribution in [1.82, 2.24) is 24.7 Å². The third-order valence-corrected chi connectivity index (χ3v) is 5.01. The van der Waals surface area contributed by atoms with Gasteiger partial charge in [0.15, 0.2) is 5.69 Å². The molecule has 0 radical (unpaired) electrons. The predicted molar refractivity (Wildman–Crippen MR) is 116 cm³/mol. The molecule has 0 spiro atoms. The summed E-state index contributed by atoms with van der Waals surface area (Å²) in [6.07, 6.45) is 1.70. The quantitative estimate of drug-likeness (QED) is 0.431. The fourth-order valence-corrected chi connectivity index (χ4v) is 3.52. The van der Waals surface area contributed by atoms with E-state index in [1.807, 2.05) is 20.8 Å². The molecule has 2 aromatic heterocycles. The second-order valence-electron chi connectivity index (χ2n) is 7.14. The molecule has 0 saturated heterocycles. The molecule has 0 aliphatic heterocycles. The third-order valence-electron chi connectivity index (χ3n) is 4.17. The molecule has 12 heteroatoms. The monoisotopic (exact) mass is 439 g/mol. The summed E-state index contributed by atoms with van der Waals surface area (Å²) in [4.78, 5) is 45.5. The summed E-state index contributed by atoms with van der Waals surface area (Å²) in [6, 6.07) is 0. The highest BCUT2D eigenvalue weighted by Gasteiger charge is 2.24. The first-order chi connectivity index (χ1) is 14.3. The van der Waals surface area contributed by atoms with E-state index in [1.54, 1.807) is 0 Å². The van der Waals surface area contributed by atoms with E-state index in [2.05, 4.69) is 20.2 Å². The van der Waals surface area contributed by atoms with Crippen molar-refractivity contribution in [2.75, 3.05) is 36.6 Å². The van der Waals surface area contributed by atoms with E-state index in [4.69, 9.17) is 10.5 Å². The molecule has 0 atom stereocenters.